The van der Waals surface area contributed by atoms with E-state index >= 15 is 0 Å². The average Bonchev–Trinajstić information content (AvgIpc) is 2.77. The molecule has 0 bridgehead atoms. The maximum Gasteiger partial charge on any atom is 0.416 e. The Hall–Kier alpha value is -2.37. The van der Waals surface area contributed by atoms with Crippen molar-refractivity contribution in [3.05, 3.63) is 34.9 Å². The predicted octanol–water partition coefficient (Wildman–Crippen LogP) is 4.13. The van der Waals surface area contributed by atoms with Crippen molar-refractivity contribution in [2.24, 2.45) is 5.92 Å². The number of carbonyl (C=O) groups excluding carboxylic acids is 2. The second-order valence-electron chi connectivity index (χ2n) is 8.78. The summed E-state index contributed by atoms with van der Waals surface area (Å²) >= 11 is 0. The molecule has 190 valence electrons. The van der Waals surface area contributed by atoms with Gasteiger partial charge in [0.2, 0.25) is 5.91 Å². The Bertz CT molecular complexity index is 840. The summed E-state index contributed by atoms with van der Waals surface area (Å²) in [6, 6.07) is 0.794. The number of nitrogens with zero attached hydrogens (tertiary/aromatic N) is 2. The van der Waals surface area contributed by atoms with Crippen LogP contribution in [0.1, 0.15) is 47.2 Å². The standard InChI is InChI=1S/C22H26F7N3O2/c23-18-3-7-32(8-4-18)19(33)13-31-5-1-14(2-6-31)12-30-20(34)15-9-16(21(24,25)26)11-17(10-15)22(27,28)29/h9-11,14,18H,1-8,12-13H2,(H,30,34). The quantitative estimate of drug-likeness (QED) is 0.623. The third kappa shape index (κ3) is 7.07. The van der Waals surface area contributed by atoms with Crippen molar-refractivity contribution < 1.29 is 40.3 Å². The summed E-state index contributed by atoms with van der Waals surface area (Å²) in [5.41, 5.74) is -3.79. The number of carbonyl (C=O) groups is 2. The van der Waals surface area contributed by atoms with Crippen molar-refractivity contribution in [1.82, 2.24) is 15.1 Å². The molecule has 0 saturated carbocycles. The Labute approximate surface area is 192 Å². The molecule has 1 aromatic carbocycles. The molecule has 0 atom stereocenters. The van der Waals surface area contributed by atoms with E-state index in [1.165, 1.54) is 0 Å². The molecule has 0 radical (unpaired) electrons. The molecule has 2 aliphatic heterocycles. The van der Waals surface area contributed by atoms with Crippen LogP contribution in [0.15, 0.2) is 18.2 Å². The normalized spacial score (nSPS) is 19.3. The number of hydrogen-bond donors (Lipinski definition) is 1. The molecule has 0 aromatic heterocycles. The van der Waals surface area contributed by atoms with Crippen molar-refractivity contribution in [1.29, 1.82) is 0 Å². The second-order valence-corrected chi connectivity index (χ2v) is 8.78. The molecular formula is C22H26F7N3O2. The fraction of sp³-hybridized carbons (Fsp3) is 0.636. The summed E-state index contributed by atoms with van der Waals surface area (Å²) < 4.78 is 91.2. The lowest BCUT2D eigenvalue weighted by Gasteiger charge is -2.34. The van der Waals surface area contributed by atoms with Crippen LogP contribution in [-0.2, 0) is 17.1 Å². The number of alkyl halides is 7. The number of nitrogens with one attached hydrogen (secondary N) is 1. The van der Waals surface area contributed by atoms with Crippen LogP contribution >= 0.6 is 0 Å². The van der Waals surface area contributed by atoms with Crippen molar-refractivity contribution in [2.75, 3.05) is 39.3 Å². The minimum atomic E-state index is -5.03. The van der Waals surface area contributed by atoms with Gasteiger partial charge in [0, 0.05) is 25.2 Å². The Morgan fingerprint density at radius 2 is 1.38 bits per heavy atom. The SMILES string of the molecule is O=C(NCC1CCN(CC(=O)N2CCC(F)CC2)CC1)c1cc(C(F)(F)F)cc(C(F)(F)F)c1. The molecule has 3 rings (SSSR count). The van der Waals surface area contributed by atoms with Crippen molar-refractivity contribution in [3.63, 3.8) is 0 Å². The van der Waals surface area contributed by atoms with E-state index in [4.69, 9.17) is 0 Å². The van der Waals surface area contributed by atoms with Gasteiger partial charge in [0.15, 0.2) is 0 Å². The Morgan fingerprint density at radius 1 is 0.853 bits per heavy atom. The number of rotatable bonds is 5. The molecular weight excluding hydrogens is 471 g/mol. The molecule has 1 N–H and O–H groups in total. The average molecular weight is 497 g/mol. The van der Waals surface area contributed by atoms with Crippen LogP contribution in [0.2, 0.25) is 0 Å². The highest BCUT2D eigenvalue weighted by molar-refractivity contribution is 5.94. The summed E-state index contributed by atoms with van der Waals surface area (Å²) in [7, 11) is 0. The highest BCUT2D eigenvalue weighted by Gasteiger charge is 2.37. The smallest absolute Gasteiger partial charge is 0.352 e. The fourth-order valence-electron chi connectivity index (χ4n) is 4.16. The predicted molar refractivity (Wildman–Crippen MR) is 109 cm³/mol. The van der Waals surface area contributed by atoms with Crippen molar-refractivity contribution in [3.8, 4) is 0 Å². The van der Waals surface area contributed by atoms with E-state index in [0.29, 0.717) is 64.0 Å². The summed E-state index contributed by atoms with van der Waals surface area (Å²) in [6.07, 6.45) is -9.03. The molecule has 2 fully saturated rings. The van der Waals surface area contributed by atoms with E-state index in [1.54, 1.807) is 4.90 Å². The van der Waals surface area contributed by atoms with E-state index in [9.17, 15) is 40.3 Å². The highest BCUT2D eigenvalue weighted by atomic mass is 19.4. The molecule has 5 nitrogen and oxygen atoms in total. The third-order valence-corrected chi connectivity index (χ3v) is 6.24. The van der Waals surface area contributed by atoms with E-state index in [-0.39, 0.29) is 31.0 Å². The maximum absolute atomic E-state index is 13.2. The fourth-order valence-corrected chi connectivity index (χ4v) is 4.16. The number of benzene rings is 1. The molecule has 0 spiro atoms. The zero-order chi connectivity index (χ0) is 25.1. The molecule has 2 aliphatic rings. The zero-order valence-corrected chi connectivity index (χ0v) is 18.3. The van der Waals surface area contributed by atoms with Gasteiger partial charge in [-0.1, -0.05) is 0 Å². The van der Waals surface area contributed by atoms with Gasteiger partial charge in [-0.15, -0.1) is 0 Å². The molecule has 2 saturated heterocycles. The maximum atomic E-state index is 13.2. The van der Waals surface area contributed by atoms with Crippen LogP contribution in [0, 0.1) is 5.92 Å². The first kappa shape index (κ1) is 26.2. The number of hydrogen-bond acceptors (Lipinski definition) is 3. The molecule has 0 unspecified atom stereocenters. The van der Waals surface area contributed by atoms with Crippen molar-refractivity contribution in [2.45, 2.75) is 44.2 Å². The third-order valence-electron chi connectivity index (χ3n) is 6.24. The van der Waals surface area contributed by atoms with Gasteiger partial charge in [0.05, 0.1) is 17.7 Å². The number of piperidine rings is 2. The Morgan fingerprint density at radius 3 is 1.88 bits per heavy atom. The van der Waals surface area contributed by atoms with Crippen LogP contribution in [-0.4, -0.2) is 67.1 Å². The summed E-state index contributed by atoms with van der Waals surface area (Å²) in [5, 5.41) is 2.43. The highest BCUT2D eigenvalue weighted by Crippen LogP contribution is 2.36. The second kappa shape index (κ2) is 10.5. The molecule has 12 heteroatoms. The van der Waals surface area contributed by atoms with Gasteiger partial charge in [-0.2, -0.15) is 26.3 Å². The van der Waals surface area contributed by atoms with Gasteiger partial charge in [-0.05, 0) is 62.9 Å². The van der Waals surface area contributed by atoms with Crippen LogP contribution in [0.5, 0.6) is 0 Å². The van der Waals surface area contributed by atoms with E-state index in [0.717, 1.165) is 0 Å². The first-order valence-corrected chi connectivity index (χ1v) is 11.0. The van der Waals surface area contributed by atoms with Gasteiger partial charge in [0.25, 0.3) is 5.91 Å². The Kier molecular flexibility index (Phi) is 8.10. The molecule has 0 aliphatic carbocycles. The topological polar surface area (TPSA) is 52.7 Å². The summed E-state index contributed by atoms with van der Waals surface area (Å²) in [5.74, 6) is -1.10. The van der Waals surface area contributed by atoms with Gasteiger partial charge < -0.3 is 10.2 Å². The number of halogens is 7. The van der Waals surface area contributed by atoms with Crippen LogP contribution < -0.4 is 5.32 Å². The number of likely N-dealkylation sites (tertiary alicyclic amines) is 2. The lowest BCUT2D eigenvalue weighted by Crippen LogP contribution is -2.47. The largest absolute Gasteiger partial charge is 0.416 e. The van der Waals surface area contributed by atoms with Gasteiger partial charge in [-0.25, -0.2) is 4.39 Å². The monoisotopic (exact) mass is 497 g/mol. The molecule has 34 heavy (non-hydrogen) atoms. The zero-order valence-electron chi connectivity index (χ0n) is 18.3. The molecule has 1 aromatic rings. The molecule has 2 amide bonds. The van der Waals surface area contributed by atoms with E-state index in [1.807, 2.05) is 4.90 Å². The van der Waals surface area contributed by atoms with E-state index < -0.39 is 41.1 Å². The number of amides is 2. The van der Waals surface area contributed by atoms with Crippen molar-refractivity contribution >= 4 is 11.8 Å². The van der Waals surface area contributed by atoms with Gasteiger partial charge >= 0.3 is 12.4 Å². The summed E-state index contributed by atoms with van der Waals surface area (Å²) in [6.45, 7) is 2.23. The lowest BCUT2D eigenvalue weighted by atomic mass is 9.96. The first-order valence-electron chi connectivity index (χ1n) is 11.0. The molecule has 2 heterocycles. The van der Waals surface area contributed by atoms with Crippen LogP contribution in [0.3, 0.4) is 0 Å². The Balaban J connectivity index is 1.50. The van der Waals surface area contributed by atoms with Gasteiger partial charge in [-0.3, -0.25) is 14.5 Å². The minimum Gasteiger partial charge on any atom is -0.352 e. The minimum absolute atomic E-state index is 0.0202. The van der Waals surface area contributed by atoms with Crippen LogP contribution in [0.25, 0.3) is 0 Å². The summed E-state index contributed by atoms with van der Waals surface area (Å²) in [4.78, 5) is 28.3. The van der Waals surface area contributed by atoms with E-state index in [2.05, 4.69) is 5.32 Å². The van der Waals surface area contributed by atoms with Gasteiger partial charge in [0.1, 0.15) is 6.17 Å². The lowest BCUT2D eigenvalue weighted by molar-refractivity contribution is -0.143. The first-order chi connectivity index (χ1) is 15.8. The van der Waals surface area contributed by atoms with Crippen LogP contribution in [0.4, 0.5) is 30.7 Å².